The number of phenols is 1. The third-order valence-electron chi connectivity index (χ3n) is 4.65. The quantitative estimate of drug-likeness (QED) is 0.680. The van der Waals surface area contributed by atoms with Crippen molar-refractivity contribution in [1.29, 1.82) is 10.5 Å². The van der Waals surface area contributed by atoms with Gasteiger partial charge < -0.3 is 10.2 Å². The molecule has 0 unspecified atom stereocenters. The zero-order valence-electron chi connectivity index (χ0n) is 15.7. The summed E-state index contributed by atoms with van der Waals surface area (Å²) in [6.45, 7) is 0. The molecule has 0 saturated carbocycles. The first-order chi connectivity index (χ1) is 14.6. The number of aliphatic hydroxyl groups excluding tert-OH is 1. The van der Waals surface area contributed by atoms with Gasteiger partial charge in [0.05, 0.1) is 28.8 Å². The Balaban J connectivity index is 1.98. The second-order valence-electron chi connectivity index (χ2n) is 6.65. The minimum atomic E-state index is 0.00540. The molecule has 1 aliphatic carbocycles. The number of rotatable bonds is 3. The lowest BCUT2D eigenvalue weighted by Crippen LogP contribution is -2.06. The van der Waals surface area contributed by atoms with E-state index in [1.54, 1.807) is 36.4 Å². The van der Waals surface area contributed by atoms with Crippen LogP contribution in [0.4, 0.5) is 0 Å². The number of hydrogen-bond donors (Lipinski definition) is 2. The van der Waals surface area contributed by atoms with Crippen LogP contribution in [0.25, 0.3) is 28.3 Å². The van der Waals surface area contributed by atoms with Crippen molar-refractivity contribution in [3.05, 3.63) is 77.3 Å². The summed E-state index contributed by atoms with van der Waals surface area (Å²) in [7, 11) is 0. The Morgan fingerprint density at radius 1 is 0.833 bits per heavy atom. The highest BCUT2D eigenvalue weighted by Crippen LogP contribution is 2.31. The molecule has 3 aromatic rings. The van der Waals surface area contributed by atoms with Crippen LogP contribution in [0.2, 0.25) is 0 Å². The summed E-state index contributed by atoms with van der Waals surface area (Å²) in [6.07, 6.45) is 4.75. The number of hydrogen-bond acceptors (Lipinski definition) is 7. The Bertz CT molecular complexity index is 1260. The van der Waals surface area contributed by atoms with Crippen LogP contribution < -0.4 is 0 Å². The number of phenolic OH excluding ortho intramolecular Hbond substituents is 1. The summed E-state index contributed by atoms with van der Waals surface area (Å²) in [6, 6.07) is 15.4. The maximum Gasteiger partial charge on any atom is 0.167 e. The van der Waals surface area contributed by atoms with Crippen molar-refractivity contribution in [1.82, 2.24) is 15.0 Å². The van der Waals surface area contributed by atoms with Gasteiger partial charge >= 0.3 is 0 Å². The summed E-state index contributed by atoms with van der Waals surface area (Å²) in [5, 5.41) is 39.2. The summed E-state index contributed by atoms with van der Waals surface area (Å²) in [4.78, 5) is 13.5. The van der Waals surface area contributed by atoms with Crippen molar-refractivity contribution in [3.8, 4) is 40.7 Å². The smallest absolute Gasteiger partial charge is 0.167 e. The maximum absolute atomic E-state index is 10.3. The zero-order chi connectivity index (χ0) is 21.1. The van der Waals surface area contributed by atoms with E-state index in [4.69, 9.17) is 0 Å². The molecule has 0 radical (unpaired) electrons. The Labute approximate surface area is 172 Å². The van der Waals surface area contributed by atoms with E-state index >= 15 is 0 Å². The first-order valence-electron chi connectivity index (χ1n) is 9.18. The summed E-state index contributed by atoms with van der Waals surface area (Å²) < 4.78 is 0. The van der Waals surface area contributed by atoms with Crippen LogP contribution in [0.5, 0.6) is 5.75 Å². The standard InChI is InChI=1S/C23H15N5O2/c24-12-14-9-15(13-25)11-16(10-14)21-26-22(17-5-1-3-7-19(17)29)28-23(27-21)18-6-2-4-8-20(18)30/h1,3-5,7-11,29-30H,2,6H2. The van der Waals surface area contributed by atoms with E-state index in [2.05, 4.69) is 15.0 Å². The van der Waals surface area contributed by atoms with Gasteiger partial charge in [0, 0.05) is 11.1 Å². The van der Waals surface area contributed by atoms with Gasteiger partial charge in [-0.2, -0.15) is 10.5 Å². The van der Waals surface area contributed by atoms with Gasteiger partial charge in [0.2, 0.25) is 0 Å². The van der Waals surface area contributed by atoms with Gasteiger partial charge in [-0.15, -0.1) is 0 Å². The van der Waals surface area contributed by atoms with Crippen LogP contribution in [0, 0.1) is 22.7 Å². The second-order valence-corrected chi connectivity index (χ2v) is 6.65. The Morgan fingerprint density at radius 3 is 2.17 bits per heavy atom. The number of para-hydroxylation sites is 1. The van der Waals surface area contributed by atoms with E-state index in [0.29, 0.717) is 34.2 Å². The molecule has 7 heteroatoms. The lowest BCUT2D eigenvalue weighted by molar-refractivity contribution is 0.430. The van der Waals surface area contributed by atoms with Crippen molar-refractivity contribution in [3.63, 3.8) is 0 Å². The van der Waals surface area contributed by atoms with Crippen molar-refractivity contribution in [2.45, 2.75) is 12.8 Å². The van der Waals surface area contributed by atoms with Gasteiger partial charge in [0.25, 0.3) is 0 Å². The molecule has 2 aromatic carbocycles. The predicted molar refractivity (Wildman–Crippen MR) is 110 cm³/mol. The van der Waals surface area contributed by atoms with Gasteiger partial charge in [-0.25, -0.2) is 15.0 Å². The molecule has 0 amide bonds. The van der Waals surface area contributed by atoms with Crippen LogP contribution in [-0.2, 0) is 0 Å². The van der Waals surface area contributed by atoms with Crippen LogP contribution in [0.15, 0.2) is 60.4 Å². The molecule has 1 aromatic heterocycles. The second kappa shape index (κ2) is 7.86. The van der Waals surface area contributed by atoms with Crippen molar-refractivity contribution in [2.75, 3.05) is 0 Å². The molecule has 2 N–H and O–H groups in total. The summed E-state index contributed by atoms with van der Waals surface area (Å²) in [5.74, 6) is 0.822. The van der Waals surface area contributed by atoms with E-state index in [9.17, 15) is 20.7 Å². The molecule has 0 aliphatic heterocycles. The van der Waals surface area contributed by atoms with E-state index in [1.807, 2.05) is 18.2 Å². The third-order valence-corrected chi connectivity index (χ3v) is 4.65. The number of aromatic nitrogens is 3. The number of allylic oxidation sites excluding steroid dienone is 3. The minimum Gasteiger partial charge on any atom is -0.508 e. The Hall–Kier alpha value is -4.49. The topological polar surface area (TPSA) is 127 Å². The molecule has 7 nitrogen and oxygen atoms in total. The maximum atomic E-state index is 10.3. The fraction of sp³-hybridized carbons (Fsp3) is 0.0870. The summed E-state index contributed by atoms with van der Waals surface area (Å²) in [5.41, 5.74) is 2.05. The molecular weight excluding hydrogens is 378 g/mol. The number of nitriles is 2. The van der Waals surface area contributed by atoms with Crippen LogP contribution in [0.1, 0.15) is 29.8 Å². The first kappa shape index (κ1) is 18.9. The predicted octanol–water partition coefficient (Wildman–Crippen LogP) is 4.27. The molecule has 0 fully saturated rings. The SMILES string of the molecule is N#Cc1cc(C#N)cc(-c2nc(C3=C(O)C=CCC3)nc(-c3ccccc3O)n2)c1. The molecule has 0 spiro atoms. The molecule has 30 heavy (non-hydrogen) atoms. The molecule has 4 rings (SSSR count). The van der Waals surface area contributed by atoms with Gasteiger partial charge in [-0.05, 0) is 49.2 Å². The van der Waals surface area contributed by atoms with Gasteiger partial charge in [0.1, 0.15) is 11.5 Å². The lowest BCUT2D eigenvalue weighted by atomic mass is 10.0. The van der Waals surface area contributed by atoms with Gasteiger partial charge in [0.15, 0.2) is 17.5 Å². The van der Waals surface area contributed by atoms with Crippen molar-refractivity contribution < 1.29 is 10.2 Å². The van der Waals surface area contributed by atoms with Crippen LogP contribution >= 0.6 is 0 Å². The molecule has 0 saturated heterocycles. The highest BCUT2D eigenvalue weighted by molar-refractivity contribution is 5.72. The largest absolute Gasteiger partial charge is 0.508 e. The Kier molecular flexibility index (Phi) is 4.94. The van der Waals surface area contributed by atoms with E-state index in [0.717, 1.165) is 6.42 Å². The molecule has 1 aliphatic rings. The van der Waals surface area contributed by atoms with Crippen molar-refractivity contribution in [2.24, 2.45) is 0 Å². The van der Waals surface area contributed by atoms with E-state index < -0.39 is 0 Å². The average molecular weight is 393 g/mol. The molecule has 0 atom stereocenters. The normalized spacial score (nSPS) is 13.0. The average Bonchev–Trinajstić information content (AvgIpc) is 2.79. The third kappa shape index (κ3) is 3.60. The molecule has 144 valence electrons. The number of benzene rings is 2. The molecular formula is C23H15N5O2. The highest BCUT2D eigenvalue weighted by atomic mass is 16.3. The molecule has 0 bridgehead atoms. The fourth-order valence-electron chi connectivity index (χ4n) is 3.19. The highest BCUT2D eigenvalue weighted by Gasteiger charge is 2.19. The van der Waals surface area contributed by atoms with E-state index in [-0.39, 0.29) is 29.0 Å². The molecule has 1 heterocycles. The minimum absolute atomic E-state index is 0.00540. The van der Waals surface area contributed by atoms with Crippen LogP contribution in [-0.4, -0.2) is 25.2 Å². The van der Waals surface area contributed by atoms with Crippen molar-refractivity contribution >= 4 is 5.57 Å². The van der Waals surface area contributed by atoms with Crippen LogP contribution in [0.3, 0.4) is 0 Å². The number of aliphatic hydroxyl groups is 1. The number of nitrogens with zero attached hydrogens (tertiary/aromatic N) is 5. The van der Waals surface area contributed by atoms with E-state index in [1.165, 1.54) is 12.1 Å². The zero-order valence-corrected chi connectivity index (χ0v) is 15.7. The fourth-order valence-corrected chi connectivity index (χ4v) is 3.19. The monoisotopic (exact) mass is 393 g/mol. The Morgan fingerprint density at radius 2 is 1.50 bits per heavy atom. The first-order valence-corrected chi connectivity index (χ1v) is 9.18. The van der Waals surface area contributed by atoms with Gasteiger partial charge in [-0.1, -0.05) is 18.2 Å². The lowest BCUT2D eigenvalue weighted by Gasteiger charge is -2.13. The number of aromatic hydroxyl groups is 1. The summed E-state index contributed by atoms with van der Waals surface area (Å²) >= 11 is 0. The van der Waals surface area contributed by atoms with Gasteiger partial charge in [-0.3, -0.25) is 0 Å².